The van der Waals surface area contributed by atoms with E-state index in [2.05, 4.69) is 21.0 Å². The van der Waals surface area contributed by atoms with Crippen molar-refractivity contribution >= 4 is 11.8 Å². The Hall–Kier alpha value is -3.37. The molecule has 1 aliphatic rings. The quantitative estimate of drug-likeness (QED) is 0.488. The number of nitrogens with zero attached hydrogens (tertiary/aromatic N) is 2. The van der Waals surface area contributed by atoms with Crippen LogP contribution < -0.4 is 16.0 Å². The lowest BCUT2D eigenvalue weighted by Gasteiger charge is -2.36. The van der Waals surface area contributed by atoms with Crippen molar-refractivity contribution in [2.45, 2.75) is 17.9 Å². The Morgan fingerprint density at radius 2 is 1.91 bits per heavy atom. The van der Waals surface area contributed by atoms with Crippen LogP contribution in [-0.4, -0.2) is 48.2 Å². The molecule has 4 rings (SSSR count). The van der Waals surface area contributed by atoms with E-state index in [0.29, 0.717) is 43.2 Å². The fourth-order valence-corrected chi connectivity index (χ4v) is 4.41. The average molecular weight is 473 g/mol. The van der Waals surface area contributed by atoms with Gasteiger partial charge >= 0.3 is 6.03 Å². The normalized spacial score (nSPS) is 19.9. The van der Waals surface area contributed by atoms with Crippen LogP contribution in [0.2, 0.25) is 0 Å². The molecule has 2 aromatic carbocycles. The topological polar surface area (TPSA) is 80.2 Å². The number of carbonyl (C=O) groups excluding carboxylic acids is 1. The van der Waals surface area contributed by atoms with E-state index >= 15 is 0 Å². The standard InChI is InChI=1S/C24H26F3N5O2/c1-32-22(12-21(31-32)15-3-5-16(25)6-4-15)29-23(33)30-24(9-10-34-2)14-28-13-19(24)18-11-17(26)7-8-20(18)27/h3-8,11-12,19,28H,9-10,13-14H2,1-2H3,(H2,29,30,33)/t19-,24+/m0/s1. The second-order valence-corrected chi connectivity index (χ2v) is 8.37. The second kappa shape index (κ2) is 9.86. The summed E-state index contributed by atoms with van der Waals surface area (Å²) >= 11 is 0. The van der Waals surface area contributed by atoms with E-state index in [1.54, 1.807) is 32.4 Å². The van der Waals surface area contributed by atoms with Crippen molar-refractivity contribution in [1.82, 2.24) is 20.4 Å². The van der Waals surface area contributed by atoms with Crippen molar-refractivity contribution in [3.05, 3.63) is 71.5 Å². The van der Waals surface area contributed by atoms with Crippen molar-refractivity contribution in [3.8, 4) is 11.3 Å². The van der Waals surface area contributed by atoms with Gasteiger partial charge in [-0.1, -0.05) is 0 Å². The Balaban J connectivity index is 1.56. The number of methoxy groups -OCH3 is 1. The first-order valence-electron chi connectivity index (χ1n) is 10.8. The highest BCUT2D eigenvalue weighted by Crippen LogP contribution is 2.36. The number of anilines is 1. The molecule has 1 saturated heterocycles. The van der Waals surface area contributed by atoms with Gasteiger partial charge in [0.05, 0.1) is 11.2 Å². The zero-order valence-electron chi connectivity index (χ0n) is 18.9. The van der Waals surface area contributed by atoms with Crippen LogP contribution in [0.3, 0.4) is 0 Å². The van der Waals surface area contributed by atoms with Gasteiger partial charge in [-0.05, 0) is 54.4 Å². The molecule has 0 unspecified atom stereocenters. The molecule has 3 aromatic rings. The summed E-state index contributed by atoms with van der Waals surface area (Å²) in [5, 5.41) is 13.3. The summed E-state index contributed by atoms with van der Waals surface area (Å²) in [4.78, 5) is 13.1. The molecule has 2 atom stereocenters. The third-order valence-electron chi connectivity index (χ3n) is 6.17. The molecule has 10 heteroatoms. The van der Waals surface area contributed by atoms with Gasteiger partial charge in [-0.2, -0.15) is 5.10 Å². The summed E-state index contributed by atoms with van der Waals surface area (Å²) < 4.78 is 48.5. The number of rotatable bonds is 7. The lowest BCUT2D eigenvalue weighted by molar-refractivity contribution is 0.154. The summed E-state index contributed by atoms with van der Waals surface area (Å²) in [5.41, 5.74) is 0.547. The Kier molecular flexibility index (Phi) is 6.90. The van der Waals surface area contributed by atoms with E-state index in [1.165, 1.54) is 22.9 Å². The molecule has 3 N–H and O–H groups in total. The highest BCUT2D eigenvalue weighted by atomic mass is 19.1. The van der Waals surface area contributed by atoms with Crippen molar-refractivity contribution in [2.75, 3.05) is 32.1 Å². The van der Waals surface area contributed by atoms with E-state index in [9.17, 15) is 18.0 Å². The maximum atomic E-state index is 14.6. The number of aryl methyl sites for hydroxylation is 1. The average Bonchev–Trinajstić information content (AvgIpc) is 3.38. The number of amides is 2. The van der Waals surface area contributed by atoms with Gasteiger partial charge in [-0.15, -0.1) is 0 Å². The molecular formula is C24H26F3N5O2. The smallest absolute Gasteiger partial charge is 0.320 e. The molecule has 1 aromatic heterocycles. The molecular weight excluding hydrogens is 447 g/mol. The summed E-state index contributed by atoms with van der Waals surface area (Å²) in [7, 11) is 3.21. The van der Waals surface area contributed by atoms with E-state index in [1.807, 2.05) is 0 Å². The first-order valence-corrected chi connectivity index (χ1v) is 10.8. The Labute approximate surface area is 195 Å². The van der Waals surface area contributed by atoms with Gasteiger partial charge in [0.25, 0.3) is 0 Å². The SMILES string of the molecule is COCC[C@@]1(NC(=O)Nc2cc(-c3ccc(F)cc3)nn2C)CNC[C@H]1c1cc(F)ccc1F. The molecule has 0 aliphatic carbocycles. The zero-order chi connectivity index (χ0) is 24.3. The van der Waals surface area contributed by atoms with Gasteiger partial charge in [-0.3, -0.25) is 10.00 Å². The van der Waals surface area contributed by atoms with Gasteiger partial charge in [0, 0.05) is 51.4 Å². The van der Waals surface area contributed by atoms with Crippen LogP contribution in [0.15, 0.2) is 48.5 Å². The maximum absolute atomic E-state index is 14.6. The minimum Gasteiger partial charge on any atom is -0.385 e. The molecule has 34 heavy (non-hydrogen) atoms. The molecule has 0 saturated carbocycles. The number of aromatic nitrogens is 2. The number of ether oxygens (including phenoxy) is 1. The van der Waals surface area contributed by atoms with Gasteiger partial charge in [0.1, 0.15) is 23.3 Å². The number of carbonyl (C=O) groups is 1. The molecule has 1 aliphatic heterocycles. The molecule has 7 nitrogen and oxygen atoms in total. The van der Waals surface area contributed by atoms with Crippen LogP contribution in [0.4, 0.5) is 23.8 Å². The monoisotopic (exact) mass is 473 g/mol. The predicted molar refractivity (Wildman–Crippen MR) is 122 cm³/mol. The van der Waals surface area contributed by atoms with Crippen LogP contribution in [0.1, 0.15) is 17.9 Å². The fraction of sp³-hybridized carbons (Fsp3) is 0.333. The minimum atomic E-state index is -0.910. The Bertz CT molecular complexity index is 1170. The number of benzene rings is 2. The van der Waals surface area contributed by atoms with Crippen LogP contribution >= 0.6 is 0 Å². The molecule has 0 radical (unpaired) electrons. The number of hydrogen-bond acceptors (Lipinski definition) is 4. The van der Waals surface area contributed by atoms with E-state index < -0.39 is 29.1 Å². The summed E-state index contributed by atoms with van der Waals surface area (Å²) in [6, 6.07) is 10.4. The maximum Gasteiger partial charge on any atom is 0.320 e. The van der Waals surface area contributed by atoms with Gasteiger partial charge in [0.15, 0.2) is 0 Å². The van der Waals surface area contributed by atoms with Crippen molar-refractivity contribution in [3.63, 3.8) is 0 Å². The van der Waals surface area contributed by atoms with Crippen LogP contribution in [0.25, 0.3) is 11.3 Å². The lowest BCUT2D eigenvalue weighted by atomic mass is 9.79. The minimum absolute atomic E-state index is 0.195. The molecule has 2 heterocycles. The lowest BCUT2D eigenvalue weighted by Crippen LogP contribution is -2.55. The van der Waals surface area contributed by atoms with Crippen molar-refractivity contribution in [1.29, 1.82) is 0 Å². The third kappa shape index (κ3) is 4.92. The fourth-order valence-electron chi connectivity index (χ4n) is 4.41. The molecule has 2 amide bonds. The number of halogens is 3. The first kappa shape index (κ1) is 23.8. The number of urea groups is 1. The van der Waals surface area contributed by atoms with E-state index in [4.69, 9.17) is 4.74 Å². The highest BCUT2D eigenvalue weighted by molar-refractivity contribution is 5.89. The zero-order valence-corrected chi connectivity index (χ0v) is 18.9. The predicted octanol–water partition coefficient (Wildman–Crippen LogP) is 3.79. The van der Waals surface area contributed by atoms with Crippen molar-refractivity contribution < 1.29 is 22.7 Å². The van der Waals surface area contributed by atoms with Crippen molar-refractivity contribution in [2.24, 2.45) is 7.05 Å². The van der Waals surface area contributed by atoms with Crippen LogP contribution in [0, 0.1) is 17.5 Å². The third-order valence-corrected chi connectivity index (χ3v) is 6.17. The van der Waals surface area contributed by atoms with Crippen LogP contribution in [0.5, 0.6) is 0 Å². The summed E-state index contributed by atoms with van der Waals surface area (Å²) in [6.45, 7) is 1.04. The molecule has 0 spiro atoms. The van der Waals surface area contributed by atoms with Gasteiger partial charge in [-0.25, -0.2) is 18.0 Å². The number of nitrogens with one attached hydrogen (secondary N) is 3. The second-order valence-electron chi connectivity index (χ2n) is 8.37. The first-order chi connectivity index (χ1) is 16.3. The Morgan fingerprint density at radius 1 is 1.18 bits per heavy atom. The van der Waals surface area contributed by atoms with Gasteiger partial charge < -0.3 is 15.4 Å². The largest absolute Gasteiger partial charge is 0.385 e. The Morgan fingerprint density at radius 3 is 2.65 bits per heavy atom. The van der Waals surface area contributed by atoms with Gasteiger partial charge in [0.2, 0.25) is 0 Å². The van der Waals surface area contributed by atoms with E-state index in [0.717, 1.165) is 12.1 Å². The number of hydrogen-bond donors (Lipinski definition) is 3. The van der Waals surface area contributed by atoms with Crippen LogP contribution in [-0.2, 0) is 11.8 Å². The molecule has 1 fully saturated rings. The summed E-state index contributed by atoms with van der Waals surface area (Å²) in [5.74, 6) is -1.52. The molecule has 180 valence electrons. The van der Waals surface area contributed by atoms with E-state index in [-0.39, 0.29) is 11.4 Å². The molecule has 0 bridgehead atoms. The summed E-state index contributed by atoms with van der Waals surface area (Å²) in [6.07, 6.45) is 0.386. The highest BCUT2D eigenvalue weighted by Gasteiger charge is 2.45.